The van der Waals surface area contributed by atoms with Crippen LogP contribution in [0.2, 0.25) is 0 Å². The van der Waals surface area contributed by atoms with E-state index in [1.165, 1.54) is 0 Å². The van der Waals surface area contributed by atoms with Crippen LogP contribution in [0.25, 0.3) is 0 Å². The Morgan fingerprint density at radius 3 is 2.35 bits per heavy atom. The molecular formula is C9H15ClN2O5. The maximum absolute atomic E-state index is 11.2. The van der Waals surface area contributed by atoms with Gasteiger partial charge in [0.25, 0.3) is 0 Å². The molecule has 0 aliphatic rings. The second-order valence-corrected chi connectivity index (χ2v) is 3.64. The third kappa shape index (κ3) is 8.32. The Morgan fingerprint density at radius 1 is 1.24 bits per heavy atom. The van der Waals surface area contributed by atoms with Gasteiger partial charge in [-0.25, -0.2) is 9.59 Å². The van der Waals surface area contributed by atoms with Crippen molar-refractivity contribution in [1.29, 1.82) is 0 Å². The molecule has 1 unspecified atom stereocenters. The Morgan fingerprint density at radius 2 is 1.88 bits per heavy atom. The van der Waals surface area contributed by atoms with Crippen LogP contribution in [0, 0.1) is 0 Å². The zero-order chi connectivity index (χ0) is 13.3. The van der Waals surface area contributed by atoms with E-state index < -0.39 is 24.0 Å². The van der Waals surface area contributed by atoms with E-state index in [0.29, 0.717) is 0 Å². The normalized spacial score (nSPS) is 11.6. The molecule has 0 heterocycles. The van der Waals surface area contributed by atoms with E-state index >= 15 is 0 Å². The number of rotatable bonds is 8. The second-order valence-electron chi connectivity index (χ2n) is 3.27. The molecule has 0 aliphatic heterocycles. The molecule has 7 nitrogen and oxygen atoms in total. The highest BCUT2D eigenvalue weighted by Gasteiger charge is 2.19. The maximum Gasteiger partial charge on any atom is 0.326 e. The minimum Gasteiger partial charge on any atom is -0.481 e. The summed E-state index contributed by atoms with van der Waals surface area (Å²) in [7, 11) is 0. The van der Waals surface area contributed by atoms with Gasteiger partial charge in [-0.2, -0.15) is 0 Å². The predicted octanol–water partition coefficient (Wildman–Crippen LogP) is 0.233. The van der Waals surface area contributed by atoms with E-state index in [9.17, 15) is 14.4 Å². The topological polar surface area (TPSA) is 116 Å². The van der Waals surface area contributed by atoms with Crippen LogP contribution in [0.5, 0.6) is 0 Å². The highest BCUT2D eigenvalue weighted by atomic mass is 35.5. The van der Waals surface area contributed by atoms with Gasteiger partial charge >= 0.3 is 18.0 Å². The minimum absolute atomic E-state index is 0.0654. The highest BCUT2D eigenvalue weighted by molar-refractivity contribution is 6.18. The fourth-order valence-corrected chi connectivity index (χ4v) is 1.18. The van der Waals surface area contributed by atoms with Gasteiger partial charge in [0.2, 0.25) is 0 Å². The molecule has 0 aliphatic carbocycles. The lowest BCUT2D eigenvalue weighted by molar-refractivity contribution is -0.140. The van der Waals surface area contributed by atoms with Crippen molar-refractivity contribution in [3.8, 4) is 0 Å². The number of carbonyl (C=O) groups is 3. The van der Waals surface area contributed by atoms with Gasteiger partial charge in [0.15, 0.2) is 0 Å². The van der Waals surface area contributed by atoms with Gasteiger partial charge in [0.05, 0.1) is 0 Å². The lowest BCUT2D eigenvalue weighted by Crippen LogP contribution is -2.46. The molecule has 0 fully saturated rings. The fraction of sp³-hybridized carbons (Fsp3) is 0.667. The molecule has 8 heteroatoms. The molecule has 0 saturated carbocycles. The summed E-state index contributed by atoms with van der Waals surface area (Å²) < 4.78 is 0. The van der Waals surface area contributed by atoms with Crippen molar-refractivity contribution in [1.82, 2.24) is 10.6 Å². The molecular weight excluding hydrogens is 252 g/mol. The monoisotopic (exact) mass is 266 g/mol. The summed E-state index contributed by atoms with van der Waals surface area (Å²) in [6.45, 7) is 0.231. The zero-order valence-corrected chi connectivity index (χ0v) is 9.87. The van der Waals surface area contributed by atoms with Crippen LogP contribution in [-0.4, -0.2) is 46.6 Å². The number of carboxylic acid groups (broad SMARTS) is 2. The quantitative estimate of drug-likeness (QED) is 0.470. The molecule has 17 heavy (non-hydrogen) atoms. The van der Waals surface area contributed by atoms with Gasteiger partial charge in [-0.1, -0.05) is 0 Å². The Balaban J connectivity index is 4.02. The lowest BCUT2D eigenvalue weighted by atomic mass is 10.1. The molecule has 0 radical (unpaired) electrons. The number of carbonyl (C=O) groups excluding carboxylic acids is 1. The van der Waals surface area contributed by atoms with Crippen molar-refractivity contribution < 1.29 is 24.6 Å². The summed E-state index contributed by atoms with van der Waals surface area (Å²) in [5.41, 5.74) is 0. The van der Waals surface area contributed by atoms with Crippen LogP contribution in [0.15, 0.2) is 0 Å². The van der Waals surface area contributed by atoms with Crippen molar-refractivity contribution in [3.05, 3.63) is 0 Å². The summed E-state index contributed by atoms with van der Waals surface area (Å²) in [4.78, 5) is 32.2. The number of halogens is 1. The standard InChI is InChI=1S/C9H15ClN2O5/c10-4-5-11-9(17)12-6(8(15)16)2-1-3-7(13)14/h6H,1-5H2,(H,13,14)(H,15,16)(H2,11,12,17). The molecule has 0 aromatic rings. The molecule has 98 valence electrons. The highest BCUT2D eigenvalue weighted by Crippen LogP contribution is 2.01. The molecule has 0 aromatic carbocycles. The first-order valence-corrected chi connectivity index (χ1v) is 5.55. The average molecular weight is 267 g/mol. The fourth-order valence-electron chi connectivity index (χ4n) is 1.08. The Labute approximate surface area is 103 Å². The molecule has 0 saturated heterocycles. The molecule has 4 N–H and O–H groups in total. The van der Waals surface area contributed by atoms with Crippen molar-refractivity contribution in [2.45, 2.75) is 25.3 Å². The first-order chi connectivity index (χ1) is 7.97. The van der Waals surface area contributed by atoms with Crippen molar-refractivity contribution in [2.24, 2.45) is 0 Å². The van der Waals surface area contributed by atoms with E-state index in [0.717, 1.165) is 0 Å². The number of amides is 2. The Kier molecular flexibility index (Phi) is 7.87. The van der Waals surface area contributed by atoms with E-state index in [4.69, 9.17) is 21.8 Å². The van der Waals surface area contributed by atoms with Gasteiger partial charge < -0.3 is 20.8 Å². The lowest BCUT2D eigenvalue weighted by Gasteiger charge is -2.14. The molecule has 0 rings (SSSR count). The number of carboxylic acids is 2. The van der Waals surface area contributed by atoms with Crippen LogP contribution < -0.4 is 10.6 Å². The van der Waals surface area contributed by atoms with E-state index in [1.807, 2.05) is 0 Å². The number of alkyl halides is 1. The summed E-state index contributed by atoms with van der Waals surface area (Å²) in [5.74, 6) is -1.97. The van der Waals surface area contributed by atoms with Gasteiger partial charge in [-0.05, 0) is 12.8 Å². The van der Waals surface area contributed by atoms with Crippen molar-refractivity contribution >= 4 is 29.6 Å². The zero-order valence-electron chi connectivity index (χ0n) is 9.11. The third-order valence-electron chi connectivity index (χ3n) is 1.87. The maximum atomic E-state index is 11.2. The smallest absolute Gasteiger partial charge is 0.326 e. The van der Waals surface area contributed by atoms with Gasteiger partial charge in [-0.15, -0.1) is 11.6 Å². The van der Waals surface area contributed by atoms with E-state index in [-0.39, 0.29) is 31.7 Å². The minimum atomic E-state index is -1.20. The second kappa shape index (κ2) is 8.63. The molecule has 0 spiro atoms. The number of hydrogen-bond donors (Lipinski definition) is 4. The van der Waals surface area contributed by atoms with E-state index in [1.54, 1.807) is 0 Å². The SMILES string of the molecule is O=C(O)CCCC(NC(=O)NCCCl)C(=O)O. The average Bonchev–Trinajstić information content (AvgIpc) is 2.24. The van der Waals surface area contributed by atoms with Crippen LogP contribution in [0.4, 0.5) is 4.79 Å². The van der Waals surface area contributed by atoms with Gasteiger partial charge in [0, 0.05) is 18.8 Å². The van der Waals surface area contributed by atoms with Crippen LogP contribution in [0.3, 0.4) is 0 Å². The Bertz CT molecular complexity index is 285. The summed E-state index contributed by atoms with van der Waals surface area (Å²) in [6, 6.07) is -1.72. The van der Waals surface area contributed by atoms with Gasteiger partial charge in [0.1, 0.15) is 6.04 Å². The van der Waals surface area contributed by atoms with Crippen LogP contribution in [0.1, 0.15) is 19.3 Å². The molecule has 0 aromatic heterocycles. The first-order valence-electron chi connectivity index (χ1n) is 5.02. The largest absolute Gasteiger partial charge is 0.481 e. The predicted molar refractivity (Wildman–Crippen MR) is 60.2 cm³/mol. The van der Waals surface area contributed by atoms with Crippen LogP contribution >= 0.6 is 11.6 Å². The number of urea groups is 1. The van der Waals surface area contributed by atoms with Gasteiger partial charge in [-0.3, -0.25) is 4.79 Å². The Hall–Kier alpha value is -1.50. The third-order valence-corrected chi connectivity index (χ3v) is 2.06. The van der Waals surface area contributed by atoms with Crippen molar-refractivity contribution in [2.75, 3.05) is 12.4 Å². The molecule has 2 amide bonds. The number of nitrogens with one attached hydrogen (secondary N) is 2. The first kappa shape index (κ1) is 15.5. The number of hydrogen-bond acceptors (Lipinski definition) is 3. The number of aliphatic carboxylic acids is 2. The van der Waals surface area contributed by atoms with Crippen LogP contribution in [-0.2, 0) is 9.59 Å². The molecule has 0 bridgehead atoms. The van der Waals surface area contributed by atoms with E-state index in [2.05, 4.69) is 10.6 Å². The summed E-state index contributed by atoms with van der Waals surface area (Å²) >= 11 is 5.34. The summed E-state index contributed by atoms with van der Waals surface area (Å²) in [6.07, 6.45) is 0.118. The molecule has 1 atom stereocenters. The summed E-state index contributed by atoms with van der Waals surface area (Å²) in [5, 5.41) is 21.8. The van der Waals surface area contributed by atoms with Crippen molar-refractivity contribution in [3.63, 3.8) is 0 Å².